The minimum absolute atomic E-state index is 0.0360. The lowest BCUT2D eigenvalue weighted by molar-refractivity contribution is 0.0930. The van der Waals surface area contributed by atoms with Gasteiger partial charge in [-0.25, -0.2) is 0 Å². The summed E-state index contributed by atoms with van der Waals surface area (Å²) in [5, 5.41) is 3.16. The molecule has 0 bridgehead atoms. The van der Waals surface area contributed by atoms with E-state index < -0.39 is 0 Å². The van der Waals surface area contributed by atoms with Gasteiger partial charge in [0.05, 0.1) is 6.04 Å². The van der Waals surface area contributed by atoms with Crippen LogP contribution < -0.4 is 10.2 Å². The van der Waals surface area contributed by atoms with Crippen molar-refractivity contribution in [3.63, 3.8) is 0 Å². The molecule has 1 amide bonds. The van der Waals surface area contributed by atoms with E-state index in [4.69, 9.17) is 0 Å². The number of hydrogen-bond donors (Lipinski definition) is 1. The van der Waals surface area contributed by atoms with Crippen molar-refractivity contribution in [1.82, 2.24) is 10.2 Å². The summed E-state index contributed by atoms with van der Waals surface area (Å²) >= 11 is 0. The standard InChI is InChI=1S/C21H29N3O/c1-5-24(6-2)19-14-12-18(13-15-19)21(25)22-20(16-23(3)4)17-10-8-7-9-11-17/h7-15,20H,5-6,16H2,1-4H3,(H,22,25). The van der Waals surface area contributed by atoms with Crippen molar-refractivity contribution in [2.24, 2.45) is 0 Å². The molecule has 0 heterocycles. The maximum absolute atomic E-state index is 12.7. The number of nitrogens with one attached hydrogen (secondary N) is 1. The smallest absolute Gasteiger partial charge is 0.251 e. The number of carbonyl (C=O) groups excluding carboxylic acids is 1. The Morgan fingerprint density at radius 3 is 2.08 bits per heavy atom. The van der Waals surface area contributed by atoms with Gasteiger partial charge in [0.25, 0.3) is 5.91 Å². The van der Waals surface area contributed by atoms with Gasteiger partial charge in [0.1, 0.15) is 0 Å². The first kappa shape index (κ1) is 19.0. The van der Waals surface area contributed by atoms with E-state index in [9.17, 15) is 4.79 Å². The highest BCUT2D eigenvalue weighted by molar-refractivity contribution is 5.94. The van der Waals surface area contributed by atoms with Gasteiger partial charge in [0.15, 0.2) is 0 Å². The van der Waals surface area contributed by atoms with Gasteiger partial charge in [-0.2, -0.15) is 0 Å². The van der Waals surface area contributed by atoms with Gasteiger partial charge >= 0.3 is 0 Å². The fourth-order valence-corrected chi connectivity index (χ4v) is 2.94. The molecule has 0 radical (unpaired) electrons. The highest BCUT2D eigenvalue weighted by Crippen LogP contribution is 2.17. The first-order chi connectivity index (χ1) is 12.0. The van der Waals surface area contributed by atoms with E-state index in [-0.39, 0.29) is 11.9 Å². The van der Waals surface area contributed by atoms with Crippen LogP contribution in [-0.2, 0) is 0 Å². The molecule has 0 saturated heterocycles. The SMILES string of the molecule is CCN(CC)c1ccc(C(=O)NC(CN(C)C)c2ccccc2)cc1. The number of anilines is 1. The van der Waals surface area contributed by atoms with Crippen LogP contribution in [0.3, 0.4) is 0 Å². The van der Waals surface area contributed by atoms with Crippen molar-refractivity contribution in [3.8, 4) is 0 Å². The number of amides is 1. The fraction of sp³-hybridized carbons (Fsp3) is 0.381. The predicted octanol–water partition coefficient (Wildman–Crippen LogP) is 3.57. The van der Waals surface area contributed by atoms with Gasteiger partial charge in [0.2, 0.25) is 0 Å². The maximum atomic E-state index is 12.7. The number of nitrogens with zero attached hydrogens (tertiary/aromatic N) is 2. The average Bonchev–Trinajstić information content (AvgIpc) is 2.63. The summed E-state index contributed by atoms with van der Waals surface area (Å²) in [6.45, 7) is 6.95. The van der Waals surface area contributed by atoms with Crippen LogP contribution in [0.25, 0.3) is 0 Å². The van der Waals surface area contributed by atoms with Gasteiger partial charge in [-0.15, -0.1) is 0 Å². The number of rotatable bonds is 8. The van der Waals surface area contributed by atoms with Crippen molar-refractivity contribution < 1.29 is 4.79 Å². The van der Waals surface area contributed by atoms with E-state index in [2.05, 4.69) is 41.1 Å². The fourth-order valence-electron chi connectivity index (χ4n) is 2.94. The number of hydrogen-bond acceptors (Lipinski definition) is 3. The Morgan fingerprint density at radius 2 is 1.56 bits per heavy atom. The zero-order chi connectivity index (χ0) is 18.2. The van der Waals surface area contributed by atoms with Crippen LogP contribution in [0.4, 0.5) is 5.69 Å². The second-order valence-electron chi connectivity index (χ2n) is 6.42. The summed E-state index contributed by atoms with van der Waals surface area (Å²) in [5.74, 6) is -0.0400. The van der Waals surface area contributed by atoms with Gasteiger partial charge in [-0.3, -0.25) is 4.79 Å². The summed E-state index contributed by atoms with van der Waals surface area (Å²) in [7, 11) is 4.03. The van der Waals surface area contributed by atoms with Crippen molar-refractivity contribution in [2.45, 2.75) is 19.9 Å². The van der Waals surface area contributed by atoms with Crippen molar-refractivity contribution in [1.29, 1.82) is 0 Å². The first-order valence-corrected chi connectivity index (χ1v) is 8.90. The second-order valence-corrected chi connectivity index (χ2v) is 6.42. The monoisotopic (exact) mass is 339 g/mol. The summed E-state index contributed by atoms with van der Waals surface area (Å²) < 4.78 is 0. The van der Waals surface area contributed by atoms with Crippen molar-refractivity contribution >= 4 is 11.6 Å². The molecule has 0 saturated carbocycles. The van der Waals surface area contributed by atoms with Crippen LogP contribution in [0.15, 0.2) is 54.6 Å². The largest absolute Gasteiger partial charge is 0.372 e. The third-order valence-corrected chi connectivity index (χ3v) is 4.31. The van der Waals surface area contributed by atoms with Crippen LogP contribution in [-0.4, -0.2) is 44.5 Å². The lowest BCUT2D eigenvalue weighted by Crippen LogP contribution is -2.35. The molecule has 4 heteroatoms. The van der Waals surface area contributed by atoms with Crippen LogP contribution >= 0.6 is 0 Å². The van der Waals surface area contributed by atoms with E-state index in [1.807, 2.05) is 56.6 Å². The third-order valence-electron chi connectivity index (χ3n) is 4.31. The van der Waals surface area contributed by atoms with Gasteiger partial charge in [0, 0.05) is 30.9 Å². The molecule has 0 aliphatic carbocycles. The summed E-state index contributed by atoms with van der Waals surface area (Å²) in [6.07, 6.45) is 0. The molecule has 1 unspecified atom stereocenters. The minimum atomic E-state index is -0.0400. The molecule has 1 N–H and O–H groups in total. The lowest BCUT2D eigenvalue weighted by Gasteiger charge is -2.23. The molecule has 2 aromatic carbocycles. The highest BCUT2D eigenvalue weighted by Gasteiger charge is 2.16. The molecule has 0 aromatic heterocycles. The van der Waals surface area contributed by atoms with E-state index in [0.29, 0.717) is 5.56 Å². The van der Waals surface area contributed by atoms with E-state index in [1.54, 1.807) is 0 Å². The van der Waals surface area contributed by atoms with Crippen LogP contribution in [0.1, 0.15) is 35.8 Å². The first-order valence-electron chi connectivity index (χ1n) is 8.90. The number of likely N-dealkylation sites (N-methyl/N-ethyl adjacent to an activating group) is 1. The van der Waals surface area contributed by atoms with Crippen molar-refractivity contribution in [2.75, 3.05) is 38.6 Å². The quantitative estimate of drug-likeness (QED) is 0.799. The average molecular weight is 339 g/mol. The number of carbonyl (C=O) groups is 1. The zero-order valence-electron chi connectivity index (χ0n) is 15.7. The van der Waals surface area contributed by atoms with Gasteiger partial charge < -0.3 is 15.1 Å². The molecule has 134 valence electrons. The summed E-state index contributed by atoms with van der Waals surface area (Å²) in [6, 6.07) is 17.9. The molecule has 0 fully saturated rings. The minimum Gasteiger partial charge on any atom is -0.372 e. The predicted molar refractivity (Wildman–Crippen MR) is 105 cm³/mol. The molecule has 0 aliphatic rings. The van der Waals surface area contributed by atoms with Gasteiger partial charge in [-0.05, 0) is 57.8 Å². The second kappa shape index (κ2) is 9.23. The topological polar surface area (TPSA) is 35.6 Å². The molecule has 0 spiro atoms. The molecule has 1 atom stereocenters. The Morgan fingerprint density at radius 1 is 0.960 bits per heavy atom. The molecule has 2 aromatic rings. The van der Waals surface area contributed by atoms with Crippen LogP contribution in [0.5, 0.6) is 0 Å². The summed E-state index contributed by atoms with van der Waals surface area (Å²) in [4.78, 5) is 17.0. The molecular formula is C21H29N3O. The Hall–Kier alpha value is -2.33. The van der Waals surface area contributed by atoms with Gasteiger partial charge in [-0.1, -0.05) is 30.3 Å². The molecule has 25 heavy (non-hydrogen) atoms. The normalized spacial score (nSPS) is 12.0. The highest BCUT2D eigenvalue weighted by atomic mass is 16.1. The van der Waals surface area contributed by atoms with E-state index in [1.165, 1.54) is 0 Å². The van der Waals surface area contributed by atoms with E-state index in [0.717, 1.165) is 30.9 Å². The number of benzene rings is 2. The Kier molecular flexibility index (Phi) is 7.02. The molecule has 4 nitrogen and oxygen atoms in total. The molecule has 0 aliphatic heterocycles. The Balaban J connectivity index is 2.12. The van der Waals surface area contributed by atoms with Crippen LogP contribution in [0.2, 0.25) is 0 Å². The lowest BCUT2D eigenvalue weighted by atomic mass is 10.1. The van der Waals surface area contributed by atoms with E-state index >= 15 is 0 Å². The van der Waals surface area contributed by atoms with Crippen LogP contribution in [0, 0.1) is 0 Å². The molecule has 2 rings (SSSR count). The third kappa shape index (κ3) is 5.33. The Labute approximate surface area is 151 Å². The van der Waals surface area contributed by atoms with Crippen molar-refractivity contribution in [3.05, 3.63) is 65.7 Å². The zero-order valence-corrected chi connectivity index (χ0v) is 15.7. The Bertz CT molecular complexity index is 649. The maximum Gasteiger partial charge on any atom is 0.251 e. The molecular weight excluding hydrogens is 310 g/mol. The summed E-state index contributed by atoms with van der Waals surface area (Å²) in [5.41, 5.74) is 2.95.